The van der Waals surface area contributed by atoms with E-state index in [9.17, 15) is 4.79 Å². The van der Waals surface area contributed by atoms with Crippen LogP contribution in [-0.4, -0.2) is 33.8 Å². The number of hydrogen-bond donors (Lipinski definition) is 1. The summed E-state index contributed by atoms with van der Waals surface area (Å²) in [6, 6.07) is 10.4. The van der Waals surface area contributed by atoms with Crippen molar-refractivity contribution in [1.29, 1.82) is 0 Å². The highest BCUT2D eigenvalue weighted by molar-refractivity contribution is 7.99. The maximum Gasteiger partial charge on any atom is 0.232 e. The summed E-state index contributed by atoms with van der Waals surface area (Å²) in [5, 5.41) is 3.15. The van der Waals surface area contributed by atoms with E-state index in [-0.39, 0.29) is 18.1 Å². The Kier molecular flexibility index (Phi) is 6.68. The molecule has 0 spiro atoms. The van der Waals surface area contributed by atoms with Gasteiger partial charge >= 0.3 is 0 Å². The first-order valence-electron chi connectivity index (χ1n) is 8.69. The van der Waals surface area contributed by atoms with E-state index in [0.29, 0.717) is 12.3 Å². The monoisotopic (exact) mass is 357 g/mol. The van der Waals surface area contributed by atoms with E-state index in [2.05, 4.69) is 27.4 Å². The maximum atomic E-state index is 12.1. The van der Waals surface area contributed by atoms with Gasteiger partial charge in [0.2, 0.25) is 11.8 Å². The molecular weight excluding hydrogens is 334 g/mol. The SMILES string of the molecule is O=C(CCSc1ccccc1)NC1CCC(Oc2cnccn2)CC1. The van der Waals surface area contributed by atoms with Gasteiger partial charge in [0.05, 0.1) is 6.20 Å². The van der Waals surface area contributed by atoms with Crippen LogP contribution in [0.3, 0.4) is 0 Å². The van der Waals surface area contributed by atoms with E-state index in [0.717, 1.165) is 31.4 Å². The van der Waals surface area contributed by atoms with Crippen molar-refractivity contribution in [2.24, 2.45) is 0 Å². The number of nitrogens with one attached hydrogen (secondary N) is 1. The summed E-state index contributed by atoms with van der Waals surface area (Å²) in [7, 11) is 0. The summed E-state index contributed by atoms with van der Waals surface area (Å²) in [5.74, 6) is 1.52. The van der Waals surface area contributed by atoms with E-state index < -0.39 is 0 Å². The van der Waals surface area contributed by atoms with Crippen LogP contribution in [0.1, 0.15) is 32.1 Å². The lowest BCUT2D eigenvalue weighted by Crippen LogP contribution is -2.39. The van der Waals surface area contributed by atoms with Gasteiger partial charge in [-0.15, -0.1) is 11.8 Å². The molecule has 1 amide bonds. The molecule has 3 rings (SSSR count). The fraction of sp³-hybridized carbons (Fsp3) is 0.421. The van der Waals surface area contributed by atoms with Crippen molar-refractivity contribution in [2.75, 3.05) is 5.75 Å². The molecule has 0 saturated heterocycles. The summed E-state index contributed by atoms with van der Waals surface area (Å²) in [6.45, 7) is 0. The molecule has 1 N–H and O–H groups in total. The first-order valence-corrected chi connectivity index (χ1v) is 9.68. The van der Waals surface area contributed by atoms with E-state index in [4.69, 9.17) is 4.74 Å². The van der Waals surface area contributed by atoms with Crippen molar-refractivity contribution < 1.29 is 9.53 Å². The number of carbonyl (C=O) groups excluding carboxylic acids is 1. The van der Waals surface area contributed by atoms with Gasteiger partial charge in [0, 0.05) is 35.5 Å². The molecular formula is C19H23N3O2S. The van der Waals surface area contributed by atoms with E-state index in [1.165, 1.54) is 4.90 Å². The number of ether oxygens (including phenoxy) is 1. The van der Waals surface area contributed by atoms with Crippen molar-refractivity contribution in [3.05, 3.63) is 48.9 Å². The number of amides is 1. The Morgan fingerprint density at radius 1 is 1.16 bits per heavy atom. The number of nitrogens with zero attached hydrogens (tertiary/aromatic N) is 2. The second-order valence-electron chi connectivity index (χ2n) is 6.11. The van der Waals surface area contributed by atoms with Crippen LogP contribution >= 0.6 is 11.8 Å². The molecule has 6 heteroatoms. The minimum absolute atomic E-state index is 0.140. The third-order valence-corrected chi connectivity index (χ3v) is 5.22. The van der Waals surface area contributed by atoms with Gasteiger partial charge in [0.1, 0.15) is 6.10 Å². The van der Waals surface area contributed by atoms with Crippen LogP contribution in [0.15, 0.2) is 53.8 Å². The molecule has 1 heterocycles. The van der Waals surface area contributed by atoms with Gasteiger partial charge in [-0.1, -0.05) is 18.2 Å². The van der Waals surface area contributed by atoms with Crippen LogP contribution in [0.2, 0.25) is 0 Å². The van der Waals surface area contributed by atoms with Crippen molar-refractivity contribution in [1.82, 2.24) is 15.3 Å². The van der Waals surface area contributed by atoms with Gasteiger partial charge < -0.3 is 10.1 Å². The van der Waals surface area contributed by atoms with Crippen molar-refractivity contribution in [2.45, 2.75) is 49.1 Å². The molecule has 0 bridgehead atoms. The van der Waals surface area contributed by atoms with Crippen LogP contribution in [-0.2, 0) is 4.79 Å². The maximum absolute atomic E-state index is 12.1. The minimum atomic E-state index is 0.140. The standard InChI is InChI=1S/C19H23N3O2S/c23-18(10-13-25-17-4-2-1-3-5-17)22-15-6-8-16(9-7-15)24-19-14-20-11-12-21-19/h1-5,11-12,14-16H,6-10,13H2,(H,22,23). The normalized spacial score (nSPS) is 20.0. The van der Waals surface area contributed by atoms with Gasteiger partial charge in [-0.25, -0.2) is 4.98 Å². The summed E-state index contributed by atoms with van der Waals surface area (Å²) >= 11 is 1.72. The molecule has 1 saturated carbocycles. The molecule has 2 aromatic rings. The zero-order valence-corrected chi connectivity index (χ0v) is 15.0. The van der Waals surface area contributed by atoms with Crippen LogP contribution in [0.25, 0.3) is 0 Å². The van der Waals surface area contributed by atoms with Gasteiger partial charge in [-0.3, -0.25) is 9.78 Å². The molecule has 0 aliphatic heterocycles. The second-order valence-corrected chi connectivity index (χ2v) is 7.28. The highest BCUT2D eigenvalue weighted by Crippen LogP contribution is 2.23. The molecule has 25 heavy (non-hydrogen) atoms. The van der Waals surface area contributed by atoms with Gasteiger partial charge in [-0.05, 0) is 37.8 Å². The number of benzene rings is 1. The zero-order chi connectivity index (χ0) is 17.3. The number of thioether (sulfide) groups is 1. The molecule has 5 nitrogen and oxygen atoms in total. The minimum Gasteiger partial charge on any atom is -0.473 e. The molecule has 1 aliphatic rings. The third-order valence-electron chi connectivity index (χ3n) is 4.21. The molecule has 1 aromatic carbocycles. The van der Waals surface area contributed by atoms with Crippen molar-refractivity contribution in [3.63, 3.8) is 0 Å². The summed E-state index contributed by atoms with van der Waals surface area (Å²) < 4.78 is 5.83. The number of carbonyl (C=O) groups is 1. The summed E-state index contributed by atoms with van der Waals surface area (Å²) in [6.07, 6.45) is 9.38. The first kappa shape index (κ1) is 17.7. The lowest BCUT2D eigenvalue weighted by Gasteiger charge is -2.29. The van der Waals surface area contributed by atoms with Crippen molar-refractivity contribution in [3.8, 4) is 5.88 Å². The fourth-order valence-electron chi connectivity index (χ4n) is 2.92. The molecule has 132 valence electrons. The number of aromatic nitrogens is 2. The van der Waals surface area contributed by atoms with Crippen LogP contribution in [0.5, 0.6) is 5.88 Å². The summed E-state index contributed by atoms with van der Waals surface area (Å²) in [4.78, 5) is 21.5. The Morgan fingerprint density at radius 3 is 2.68 bits per heavy atom. The topological polar surface area (TPSA) is 64.1 Å². The largest absolute Gasteiger partial charge is 0.473 e. The number of rotatable bonds is 7. The second kappa shape index (κ2) is 9.42. The number of hydrogen-bond acceptors (Lipinski definition) is 5. The van der Waals surface area contributed by atoms with Crippen LogP contribution < -0.4 is 10.1 Å². The molecule has 1 fully saturated rings. The average molecular weight is 357 g/mol. The van der Waals surface area contributed by atoms with E-state index in [1.807, 2.05) is 18.2 Å². The predicted molar refractivity (Wildman–Crippen MR) is 98.6 cm³/mol. The zero-order valence-electron chi connectivity index (χ0n) is 14.1. The summed E-state index contributed by atoms with van der Waals surface area (Å²) in [5.41, 5.74) is 0. The Morgan fingerprint density at radius 2 is 1.96 bits per heavy atom. The average Bonchev–Trinajstić information content (AvgIpc) is 2.65. The quantitative estimate of drug-likeness (QED) is 0.769. The molecule has 0 radical (unpaired) electrons. The third kappa shape index (κ3) is 6.05. The van der Waals surface area contributed by atoms with Gasteiger partial charge in [0.25, 0.3) is 0 Å². The Bertz CT molecular complexity index is 646. The predicted octanol–water partition coefficient (Wildman–Crippen LogP) is 3.47. The van der Waals surface area contributed by atoms with Gasteiger partial charge in [0.15, 0.2) is 0 Å². The van der Waals surface area contributed by atoms with E-state index in [1.54, 1.807) is 30.4 Å². The Balaban J connectivity index is 1.32. The smallest absolute Gasteiger partial charge is 0.232 e. The lowest BCUT2D eigenvalue weighted by atomic mass is 9.93. The molecule has 1 aromatic heterocycles. The first-order chi connectivity index (χ1) is 12.3. The Labute approximate surface area is 152 Å². The van der Waals surface area contributed by atoms with Gasteiger partial charge in [-0.2, -0.15) is 0 Å². The molecule has 0 unspecified atom stereocenters. The van der Waals surface area contributed by atoms with Crippen LogP contribution in [0.4, 0.5) is 0 Å². The highest BCUT2D eigenvalue weighted by atomic mass is 32.2. The molecule has 1 aliphatic carbocycles. The fourth-order valence-corrected chi connectivity index (χ4v) is 3.79. The molecule has 0 atom stereocenters. The van der Waals surface area contributed by atoms with E-state index >= 15 is 0 Å². The van der Waals surface area contributed by atoms with Crippen molar-refractivity contribution >= 4 is 17.7 Å². The lowest BCUT2D eigenvalue weighted by molar-refractivity contribution is -0.121. The Hall–Kier alpha value is -2.08. The highest BCUT2D eigenvalue weighted by Gasteiger charge is 2.23. The van der Waals surface area contributed by atoms with Crippen LogP contribution in [0, 0.1) is 0 Å².